The molecule has 1 rings (SSSR count). The summed E-state index contributed by atoms with van der Waals surface area (Å²) in [5.41, 5.74) is 1.18. The molecule has 1 atom stereocenters. The van der Waals surface area contributed by atoms with Gasteiger partial charge in [0.25, 0.3) is 0 Å². The van der Waals surface area contributed by atoms with Gasteiger partial charge in [0.15, 0.2) is 0 Å². The van der Waals surface area contributed by atoms with Gasteiger partial charge in [-0.2, -0.15) is 0 Å². The minimum Gasteiger partial charge on any atom is -0.308 e. The number of rotatable bonds is 6. The number of aromatic nitrogens is 1. The van der Waals surface area contributed by atoms with Gasteiger partial charge in [-0.15, -0.1) is 11.3 Å². The van der Waals surface area contributed by atoms with Gasteiger partial charge in [-0.3, -0.25) is 0 Å². The summed E-state index contributed by atoms with van der Waals surface area (Å²) < 4.78 is 0. The Labute approximate surface area is 97.1 Å². The van der Waals surface area contributed by atoms with Crippen LogP contribution in [0, 0.1) is 12.8 Å². The van der Waals surface area contributed by atoms with Crippen molar-refractivity contribution in [3.8, 4) is 0 Å². The minimum absolute atomic E-state index is 0.585. The van der Waals surface area contributed by atoms with E-state index in [9.17, 15) is 0 Å². The first-order valence-electron chi connectivity index (χ1n) is 5.81. The van der Waals surface area contributed by atoms with E-state index in [0.717, 1.165) is 17.5 Å². The quantitative estimate of drug-likeness (QED) is 0.804. The first-order chi connectivity index (χ1) is 7.17. The van der Waals surface area contributed by atoms with E-state index >= 15 is 0 Å². The van der Waals surface area contributed by atoms with E-state index < -0.39 is 0 Å². The highest BCUT2D eigenvalue weighted by Crippen LogP contribution is 2.14. The third-order valence-corrected chi connectivity index (χ3v) is 3.85. The summed E-state index contributed by atoms with van der Waals surface area (Å²) in [5.74, 6) is 0.782. The van der Waals surface area contributed by atoms with Crippen LogP contribution >= 0.6 is 11.3 Å². The molecule has 0 aliphatic rings. The van der Waals surface area contributed by atoms with Crippen LogP contribution in [-0.4, -0.2) is 11.0 Å². The van der Waals surface area contributed by atoms with Crippen molar-refractivity contribution in [1.82, 2.24) is 10.3 Å². The van der Waals surface area contributed by atoms with E-state index in [1.54, 1.807) is 11.3 Å². The van der Waals surface area contributed by atoms with E-state index in [2.05, 4.69) is 43.4 Å². The minimum atomic E-state index is 0.585. The van der Waals surface area contributed by atoms with E-state index in [-0.39, 0.29) is 0 Å². The molecule has 1 aromatic rings. The van der Waals surface area contributed by atoms with E-state index in [1.807, 2.05) is 0 Å². The zero-order chi connectivity index (χ0) is 11.3. The molecule has 3 heteroatoms. The van der Waals surface area contributed by atoms with Gasteiger partial charge in [-0.1, -0.05) is 26.7 Å². The number of hydrogen-bond acceptors (Lipinski definition) is 3. The Kier molecular flexibility index (Phi) is 5.26. The Morgan fingerprint density at radius 3 is 2.53 bits per heavy atom. The SMILES string of the molecule is CCC(CC)C(C)NCc1csc(C)n1. The summed E-state index contributed by atoms with van der Waals surface area (Å²) >= 11 is 1.72. The lowest BCUT2D eigenvalue weighted by molar-refractivity contribution is 0.352. The van der Waals surface area contributed by atoms with Crippen LogP contribution in [0.4, 0.5) is 0 Å². The Morgan fingerprint density at radius 1 is 1.40 bits per heavy atom. The third kappa shape index (κ3) is 3.92. The largest absolute Gasteiger partial charge is 0.308 e. The predicted octanol–water partition coefficient (Wildman–Crippen LogP) is 3.37. The molecule has 0 aromatic carbocycles. The molecule has 0 saturated carbocycles. The second kappa shape index (κ2) is 6.23. The molecule has 2 nitrogen and oxygen atoms in total. The van der Waals surface area contributed by atoms with Crippen LogP contribution in [0.25, 0.3) is 0 Å². The fraction of sp³-hybridized carbons (Fsp3) is 0.750. The van der Waals surface area contributed by atoms with Crippen LogP contribution in [0.5, 0.6) is 0 Å². The van der Waals surface area contributed by atoms with Crippen molar-refractivity contribution in [3.63, 3.8) is 0 Å². The number of nitrogens with one attached hydrogen (secondary N) is 1. The van der Waals surface area contributed by atoms with Crippen molar-refractivity contribution in [3.05, 3.63) is 16.1 Å². The maximum absolute atomic E-state index is 4.45. The number of thiazole rings is 1. The average Bonchev–Trinajstić information content (AvgIpc) is 2.63. The molecule has 1 N–H and O–H groups in total. The summed E-state index contributed by atoms with van der Waals surface area (Å²) in [5, 5.41) is 6.85. The number of hydrogen-bond donors (Lipinski definition) is 1. The molecule has 0 radical (unpaired) electrons. The maximum atomic E-state index is 4.45. The molecule has 1 aromatic heterocycles. The Balaban J connectivity index is 2.36. The van der Waals surface area contributed by atoms with Crippen LogP contribution in [0.3, 0.4) is 0 Å². The van der Waals surface area contributed by atoms with E-state index in [1.165, 1.54) is 18.5 Å². The summed E-state index contributed by atoms with van der Waals surface area (Å²) in [6.45, 7) is 9.76. The molecule has 0 bridgehead atoms. The zero-order valence-electron chi connectivity index (χ0n) is 10.2. The average molecular weight is 226 g/mol. The zero-order valence-corrected chi connectivity index (χ0v) is 11.0. The molecule has 86 valence electrons. The van der Waals surface area contributed by atoms with Gasteiger partial charge in [-0.25, -0.2) is 4.98 Å². The van der Waals surface area contributed by atoms with E-state index in [4.69, 9.17) is 0 Å². The molecule has 0 amide bonds. The lowest BCUT2D eigenvalue weighted by Crippen LogP contribution is -2.32. The monoisotopic (exact) mass is 226 g/mol. The fourth-order valence-corrected chi connectivity index (χ4v) is 2.53. The normalized spacial score (nSPS) is 13.4. The highest BCUT2D eigenvalue weighted by atomic mass is 32.1. The van der Waals surface area contributed by atoms with Crippen molar-refractivity contribution in [2.24, 2.45) is 5.92 Å². The summed E-state index contributed by atoms with van der Waals surface area (Å²) in [4.78, 5) is 4.45. The molecule has 0 fully saturated rings. The van der Waals surface area contributed by atoms with Gasteiger partial charge in [0.1, 0.15) is 0 Å². The van der Waals surface area contributed by atoms with Crippen molar-refractivity contribution >= 4 is 11.3 Å². The molecule has 0 aliphatic heterocycles. The Bertz CT molecular complexity index is 279. The standard InChI is InChI=1S/C12H22N2S/c1-5-11(6-2)9(3)13-7-12-8-15-10(4)14-12/h8-9,11,13H,5-7H2,1-4H3. The van der Waals surface area contributed by atoms with Crippen molar-refractivity contribution < 1.29 is 0 Å². The highest BCUT2D eigenvalue weighted by molar-refractivity contribution is 7.09. The van der Waals surface area contributed by atoms with Gasteiger partial charge in [0, 0.05) is 18.0 Å². The molecule has 0 spiro atoms. The molecule has 1 heterocycles. The van der Waals surface area contributed by atoms with Crippen LogP contribution in [0.2, 0.25) is 0 Å². The Morgan fingerprint density at radius 2 is 2.07 bits per heavy atom. The fourth-order valence-electron chi connectivity index (χ4n) is 1.92. The highest BCUT2D eigenvalue weighted by Gasteiger charge is 2.12. The van der Waals surface area contributed by atoms with E-state index in [0.29, 0.717) is 6.04 Å². The summed E-state index contributed by atoms with van der Waals surface area (Å²) in [6.07, 6.45) is 2.50. The van der Waals surface area contributed by atoms with Gasteiger partial charge in [0.2, 0.25) is 0 Å². The molecular formula is C12H22N2S. The van der Waals surface area contributed by atoms with Crippen LogP contribution in [-0.2, 0) is 6.54 Å². The lowest BCUT2D eigenvalue weighted by atomic mass is 9.95. The molecule has 0 saturated heterocycles. The van der Waals surface area contributed by atoms with Gasteiger partial charge in [0.05, 0.1) is 10.7 Å². The lowest BCUT2D eigenvalue weighted by Gasteiger charge is -2.22. The Hall–Kier alpha value is -0.410. The van der Waals surface area contributed by atoms with Crippen LogP contribution in [0.1, 0.15) is 44.3 Å². The van der Waals surface area contributed by atoms with Crippen LogP contribution < -0.4 is 5.32 Å². The van der Waals surface area contributed by atoms with Crippen molar-refractivity contribution in [2.45, 2.75) is 53.1 Å². The third-order valence-electron chi connectivity index (χ3n) is 3.03. The number of aryl methyl sites for hydroxylation is 1. The van der Waals surface area contributed by atoms with Crippen molar-refractivity contribution in [1.29, 1.82) is 0 Å². The molecule has 0 aliphatic carbocycles. The first kappa shape index (κ1) is 12.7. The molecule has 15 heavy (non-hydrogen) atoms. The molecular weight excluding hydrogens is 204 g/mol. The first-order valence-corrected chi connectivity index (χ1v) is 6.69. The number of nitrogens with zero attached hydrogens (tertiary/aromatic N) is 1. The van der Waals surface area contributed by atoms with Gasteiger partial charge >= 0.3 is 0 Å². The summed E-state index contributed by atoms with van der Waals surface area (Å²) in [6, 6.07) is 0.585. The smallest absolute Gasteiger partial charge is 0.0897 e. The topological polar surface area (TPSA) is 24.9 Å². The molecule has 1 unspecified atom stereocenters. The predicted molar refractivity (Wildman–Crippen MR) is 67.2 cm³/mol. The summed E-state index contributed by atoms with van der Waals surface area (Å²) in [7, 11) is 0. The van der Waals surface area contributed by atoms with Gasteiger partial charge in [-0.05, 0) is 19.8 Å². The van der Waals surface area contributed by atoms with Crippen molar-refractivity contribution in [2.75, 3.05) is 0 Å². The van der Waals surface area contributed by atoms with Gasteiger partial charge < -0.3 is 5.32 Å². The van der Waals surface area contributed by atoms with Crippen LogP contribution in [0.15, 0.2) is 5.38 Å². The second-order valence-corrected chi connectivity index (χ2v) is 5.17. The second-order valence-electron chi connectivity index (χ2n) is 4.10. The maximum Gasteiger partial charge on any atom is 0.0897 e.